The van der Waals surface area contributed by atoms with E-state index in [9.17, 15) is 0 Å². The summed E-state index contributed by atoms with van der Waals surface area (Å²) in [4.78, 5) is 8.26. The predicted octanol–water partition coefficient (Wildman–Crippen LogP) is 3.27. The van der Waals surface area contributed by atoms with Crippen LogP contribution in [0.25, 0.3) is 0 Å². The van der Waals surface area contributed by atoms with E-state index < -0.39 is 0 Å². The van der Waals surface area contributed by atoms with E-state index in [-0.39, 0.29) is 0 Å². The van der Waals surface area contributed by atoms with Gasteiger partial charge >= 0.3 is 0 Å². The number of nitrogens with two attached hydrogens (primary N) is 1. The number of nitrogens with zero attached hydrogens (tertiary/aromatic N) is 2. The summed E-state index contributed by atoms with van der Waals surface area (Å²) >= 11 is 1.77. The molecule has 0 amide bonds. The van der Waals surface area contributed by atoms with Gasteiger partial charge in [0.05, 0.1) is 6.10 Å². The van der Waals surface area contributed by atoms with Crippen molar-refractivity contribution < 1.29 is 4.74 Å². The minimum atomic E-state index is 0.386. The van der Waals surface area contributed by atoms with Crippen molar-refractivity contribution in [3.63, 3.8) is 0 Å². The van der Waals surface area contributed by atoms with E-state index in [2.05, 4.69) is 63.1 Å². The molecule has 3 N–H and O–H groups in total. The third kappa shape index (κ3) is 7.62. The molecule has 0 unspecified atom stereocenters. The van der Waals surface area contributed by atoms with Crippen molar-refractivity contribution >= 4 is 17.3 Å². The molecule has 0 spiro atoms. The van der Waals surface area contributed by atoms with Crippen LogP contribution in [0.2, 0.25) is 0 Å². The van der Waals surface area contributed by atoms with Crippen LogP contribution in [-0.2, 0) is 17.7 Å². The number of ether oxygens (including phenoxy) is 1. The van der Waals surface area contributed by atoms with Gasteiger partial charge in [-0.3, -0.25) is 9.89 Å². The van der Waals surface area contributed by atoms with Crippen molar-refractivity contribution in [1.29, 1.82) is 0 Å². The Labute approximate surface area is 172 Å². The summed E-state index contributed by atoms with van der Waals surface area (Å²) in [5, 5.41) is 5.27. The molecule has 6 heteroatoms. The molecule has 2 heterocycles. The molecular formula is C22H32N4OS. The zero-order chi connectivity index (χ0) is 19.4. The Morgan fingerprint density at radius 1 is 1.18 bits per heavy atom. The molecule has 0 atom stereocenters. The molecule has 28 heavy (non-hydrogen) atoms. The van der Waals surface area contributed by atoms with Gasteiger partial charge in [0, 0.05) is 44.2 Å². The van der Waals surface area contributed by atoms with Crippen LogP contribution in [0.1, 0.15) is 29.7 Å². The van der Waals surface area contributed by atoms with Crippen LogP contribution in [0.3, 0.4) is 0 Å². The maximum Gasteiger partial charge on any atom is 0.188 e. The maximum absolute atomic E-state index is 6.04. The van der Waals surface area contributed by atoms with Crippen LogP contribution in [-0.4, -0.2) is 49.7 Å². The highest BCUT2D eigenvalue weighted by Gasteiger charge is 2.19. The largest absolute Gasteiger partial charge is 0.378 e. The van der Waals surface area contributed by atoms with Gasteiger partial charge in [0.25, 0.3) is 0 Å². The zero-order valence-corrected chi connectivity index (χ0v) is 17.4. The number of likely N-dealkylation sites (tertiary alicyclic amines) is 1. The first-order chi connectivity index (χ1) is 13.8. The summed E-state index contributed by atoms with van der Waals surface area (Å²) in [6, 6.07) is 14.9. The minimum absolute atomic E-state index is 0.386. The van der Waals surface area contributed by atoms with Crippen LogP contribution in [0, 0.1) is 0 Å². The van der Waals surface area contributed by atoms with Gasteiger partial charge in [-0.05, 0) is 42.7 Å². The fourth-order valence-electron chi connectivity index (χ4n) is 3.41. The average molecular weight is 401 g/mol. The summed E-state index contributed by atoms with van der Waals surface area (Å²) in [6.07, 6.45) is 4.51. The van der Waals surface area contributed by atoms with E-state index in [0.717, 1.165) is 58.5 Å². The molecule has 1 aliphatic heterocycles. The van der Waals surface area contributed by atoms with E-state index >= 15 is 0 Å². The highest BCUT2D eigenvalue weighted by Crippen LogP contribution is 2.16. The first kappa shape index (κ1) is 20.8. The van der Waals surface area contributed by atoms with Crippen LogP contribution in [0.5, 0.6) is 0 Å². The van der Waals surface area contributed by atoms with E-state index in [1.165, 1.54) is 10.4 Å². The number of piperidine rings is 1. The number of hydrogen-bond acceptors (Lipinski definition) is 4. The average Bonchev–Trinajstić information content (AvgIpc) is 3.23. The fraction of sp³-hybridized carbons (Fsp3) is 0.500. The highest BCUT2D eigenvalue weighted by atomic mass is 32.1. The molecule has 2 aromatic rings. The maximum atomic E-state index is 6.04. The van der Waals surface area contributed by atoms with E-state index in [1.54, 1.807) is 11.3 Å². The molecule has 0 bridgehead atoms. The van der Waals surface area contributed by atoms with Crippen molar-refractivity contribution in [3.05, 3.63) is 58.3 Å². The molecule has 1 aliphatic rings. The Balaban J connectivity index is 1.21. The van der Waals surface area contributed by atoms with E-state index in [0.29, 0.717) is 18.6 Å². The van der Waals surface area contributed by atoms with E-state index in [4.69, 9.17) is 10.5 Å². The van der Waals surface area contributed by atoms with Crippen LogP contribution in [0.15, 0.2) is 52.8 Å². The third-order valence-corrected chi connectivity index (χ3v) is 5.92. The molecule has 3 rings (SSSR count). The smallest absolute Gasteiger partial charge is 0.188 e. The van der Waals surface area contributed by atoms with Gasteiger partial charge in [-0.25, -0.2) is 0 Å². The number of benzene rings is 1. The number of nitrogens with one attached hydrogen (secondary N) is 1. The number of thiophene rings is 1. The molecule has 1 fully saturated rings. The molecular weight excluding hydrogens is 368 g/mol. The number of aliphatic imine (C=N–C) groups is 1. The molecule has 0 aliphatic carbocycles. The Morgan fingerprint density at radius 3 is 2.75 bits per heavy atom. The highest BCUT2D eigenvalue weighted by molar-refractivity contribution is 7.09. The standard InChI is InChI=1S/C22H32N4OS/c23-22(25-13-9-21-8-4-17-28-21)24-12-5-16-27-20-10-14-26(15-11-20)18-19-6-2-1-3-7-19/h1-4,6-8,17,20H,5,9-16,18H2,(H3,23,24,25). The van der Waals surface area contributed by atoms with Gasteiger partial charge in [-0.2, -0.15) is 0 Å². The molecule has 1 aromatic carbocycles. The Hall–Kier alpha value is -1.89. The quantitative estimate of drug-likeness (QED) is 0.365. The summed E-state index contributed by atoms with van der Waals surface area (Å²) < 4.78 is 6.04. The SMILES string of the molecule is NC(=NCCCOC1CCN(Cc2ccccc2)CC1)NCCc1cccs1. The Morgan fingerprint density at radius 2 is 2.00 bits per heavy atom. The van der Waals surface area contributed by atoms with Gasteiger partial charge in [0.2, 0.25) is 0 Å². The van der Waals surface area contributed by atoms with Crippen molar-refractivity contribution in [2.24, 2.45) is 10.7 Å². The van der Waals surface area contributed by atoms with Crippen molar-refractivity contribution in [2.45, 2.75) is 38.3 Å². The van der Waals surface area contributed by atoms with Gasteiger partial charge in [0.15, 0.2) is 5.96 Å². The second kappa shape index (κ2) is 11.8. The van der Waals surface area contributed by atoms with Gasteiger partial charge in [0.1, 0.15) is 0 Å². The third-order valence-electron chi connectivity index (χ3n) is 4.98. The lowest BCUT2D eigenvalue weighted by molar-refractivity contribution is 0.00566. The summed E-state index contributed by atoms with van der Waals surface area (Å²) in [6.45, 7) is 5.56. The van der Waals surface area contributed by atoms with Crippen LogP contribution in [0.4, 0.5) is 0 Å². The van der Waals surface area contributed by atoms with Crippen LogP contribution < -0.4 is 11.1 Å². The second-order valence-electron chi connectivity index (χ2n) is 7.21. The molecule has 1 aromatic heterocycles. The number of hydrogen-bond donors (Lipinski definition) is 2. The van der Waals surface area contributed by atoms with Crippen LogP contribution >= 0.6 is 11.3 Å². The summed E-state index contributed by atoms with van der Waals surface area (Å²) in [7, 11) is 0. The monoisotopic (exact) mass is 400 g/mol. The lowest BCUT2D eigenvalue weighted by Crippen LogP contribution is -2.36. The van der Waals surface area contributed by atoms with Crippen molar-refractivity contribution in [1.82, 2.24) is 10.2 Å². The molecule has 0 radical (unpaired) electrons. The molecule has 5 nitrogen and oxygen atoms in total. The normalized spacial score (nSPS) is 16.4. The van der Waals surface area contributed by atoms with E-state index in [1.807, 2.05) is 0 Å². The number of guanidine groups is 1. The van der Waals surface area contributed by atoms with Gasteiger partial charge < -0.3 is 15.8 Å². The fourth-order valence-corrected chi connectivity index (χ4v) is 4.12. The Bertz CT molecular complexity index is 682. The topological polar surface area (TPSA) is 62.9 Å². The summed E-state index contributed by atoms with van der Waals surface area (Å²) in [5.41, 5.74) is 7.30. The number of rotatable bonds is 10. The van der Waals surface area contributed by atoms with Crippen molar-refractivity contribution in [2.75, 3.05) is 32.8 Å². The summed E-state index contributed by atoms with van der Waals surface area (Å²) in [5.74, 6) is 0.533. The lowest BCUT2D eigenvalue weighted by Gasteiger charge is -2.31. The first-order valence-electron chi connectivity index (χ1n) is 10.2. The second-order valence-corrected chi connectivity index (χ2v) is 8.24. The molecule has 0 saturated carbocycles. The van der Waals surface area contributed by atoms with Gasteiger partial charge in [-0.15, -0.1) is 11.3 Å². The Kier molecular flexibility index (Phi) is 8.81. The molecule has 1 saturated heterocycles. The zero-order valence-electron chi connectivity index (χ0n) is 16.6. The lowest BCUT2D eigenvalue weighted by atomic mass is 10.1. The predicted molar refractivity (Wildman–Crippen MR) is 118 cm³/mol. The molecule has 152 valence electrons. The van der Waals surface area contributed by atoms with Gasteiger partial charge in [-0.1, -0.05) is 36.4 Å². The minimum Gasteiger partial charge on any atom is -0.378 e. The van der Waals surface area contributed by atoms with Crippen molar-refractivity contribution in [3.8, 4) is 0 Å². The first-order valence-corrected chi connectivity index (χ1v) is 11.1.